The van der Waals surface area contributed by atoms with Crippen LogP contribution in [0, 0.1) is 5.41 Å². The summed E-state index contributed by atoms with van der Waals surface area (Å²) in [4.78, 5) is 0. The van der Waals surface area contributed by atoms with Crippen molar-refractivity contribution in [3.05, 3.63) is 42.3 Å². The van der Waals surface area contributed by atoms with Crippen LogP contribution in [0.25, 0.3) is 0 Å². The largest absolute Gasteiger partial charge is 0.445 e. The Bertz CT molecular complexity index is 591. The Morgan fingerprint density at radius 2 is 1.57 bits per heavy atom. The van der Waals surface area contributed by atoms with E-state index in [9.17, 15) is 0 Å². The minimum atomic E-state index is -2.06. The zero-order valence-electron chi connectivity index (χ0n) is 14.2. The molecule has 0 fully saturated rings. The van der Waals surface area contributed by atoms with Crippen LogP contribution in [0.3, 0.4) is 0 Å². The van der Waals surface area contributed by atoms with Crippen LogP contribution >= 0.6 is 7.43 Å². The standard InChI is InChI=1S/C17H27N2OP/c1-16(2,3)15-13-19(17(4,5)6)21(7,20-15)18-14-11-9-8-10-12-14/h8-13H,1-7H3. The van der Waals surface area contributed by atoms with Gasteiger partial charge in [0.15, 0.2) is 0 Å². The zero-order chi connectivity index (χ0) is 15.9. The predicted molar refractivity (Wildman–Crippen MR) is 91.6 cm³/mol. The lowest BCUT2D eigenvalue weighted by molar-refractivity contribution is 0.312. The molecule has 1 atom stereocenters. The molecule has 1 aromatic carbocycles. The van der Waals surface area contributed by atoms with Gasteiger partial charge in [0.05, 0.1) is 5.69 Å². The maximum atomic E-state index is 6.39. The molecule has 0 saturated heterocycles. The van der Waals surface area contributed by atoms with Crippen molar-refractivity contribution in [3.63, 3.8) is 0 Å². The Morgan fingerprint density at radius 1 is 1.00 bits per heavy atom. The minimum absolute atomic E-state index is 0.00648. The fraction of sp³-hybridized carbons (Fsp3) is 0.529. The first-order valence-corrected chi connectivity index (χ1v) is 9.45. The molecule has 0 bridgehead atoms. The first-order chi connectivity index (χ1) is 9.52. The number of hydrogen-bond donors (Lipinski definition) is 0. The average Bonchev–Trinajstić information content (AvgIpc) is 2.67. The molecule has 0 aromatic heterocycles. The molecule has 0 saturated carbocycles. The molecule has 2 rings (SSSR count). The fourth-order valence-electron chi connectivity index (χ4n) is 2.33. The van der Waals surface area contributed by atoms with Gasteiger partial charge in [0.1, 0.15) is 5.76 Å². The molecule has 1 aromatic rings. The van der Waals surface area contributed by atoms with Gasteiger partial charge in [0, 0.05) is 23.8 Å². The van der Waals surface area contributed by atoms with E-state index in [0.717, 1.165) is 11.4 Å². The second-order valence-corrected chi connectivity index (χ2v) is 10.1. The first kappa shape index (κ1) is 16.2. The molecule has 1 aliphatic heterocycles. The minimum Gasteiger partial charge on any atom is -0.445 e. The number of hydrogen-bond acceptors (Lipinski definition) is 2. The number of nitrogens with zero attached hydrogens (tertiary/aromatic N) is 2. The molecule has 4 heteroatoms. The summed E-state index contributed by atoms with van der Waals surface area (Å²) >= 11 is 0. The molecule has 21 heavy (non-hydrogen) atoms. The van der Waals surface area contributed by atoms with E-state index in [1.165, 1.54) is 0 Å². The monoisotopic (exact) mass is 306 g/mol. The fourth-order valence-corrected chi connectivity index (χ4v) is 5.24. The molecule has 1 aliphatic rings. The van der Waals surface area contributed by atoms with Crippen LogP contribution in [0.15, 0.2) is 47.0 Å². The topological polar surface area (TPSA) is 24.8 Å². The van der Waals surface area contributed by atoms with Crippen LogP contribution in [-0.4, -0.2) is 16.9 Å². The van der Waals surface area contributed by atoms with Crippen LogP contribution in [0.2, 0.25) is 0 Å². The lowest BCUT2D eigenvalue weighted by Crippen LogP contribution is -2.32. The van der Waals surface area contributed by atoms with E-state index in [-0.39, 0.29) is 11.0 Å². The van der Waals surface area contributed by atoms with Crippen LogP contribution in [-0.2, 0) is 4.52 Å². The van der Waals surface area contributed by atoms with E-state index in [0.29, 0.717) is 0 Å². The van der Waals surface area contributed by atoms with Crippen LogP contribution in [0.1, 0.15) is 41.5 Å². The van der Waals surface area contributed by atoms with Gasteiger partial charge in [-0.1, -0.05) is 39.0 Å². The van der Waals surface area contributed by atoms with Gasteiger partial charge in [-0.3, -0.25) is 0 Å². The Morgan fingerprint density at radius 3 is 2.05 bits per heavy atom. The zero-order valence-corrected chi connectivity index (χ0v) is 15.1. The number of benzene rings is 1. The van der Waals surface area contributed by atoms with Gasteiger partial charge in [0.2, 0.25) is 7.43 Å². The predicted octanol–water partition coefficient (Wildman–Crippen LogP) is 6.00. The maximum Gasteiger partial charge on any atom is 0.229 e. The van der Waals surface area contributed by atoms with Gasteiger partial charge < -0.3 is 9.19 Å². The SMILES string of the molecule is CC(C)(C)C1=CN(C(C)(C)C)P(C)(=Nc2ccccc2)O1. The number of rotatable bonds is 1. The first-order valence-electron chi connectivity index (χ1n) is 7.39. The van der Waals surface area contributed by atoms with E-state index in [2.05, 4.69) is 59.1 Å². The van der Waals surface area contributed by atoms with Crippen molar-refractivity contribution in [3.8, 4) is 0 Å². The second kappa shape index (κ2) is 5.21. The average molecular weight is 306 g/mol. The normalized spacial score (nSPS) is 22.8. The van der Waals surface area contributed by atoms with Gasteiger partial charge in [-0.05, 0) is 32.9 Å². The highest BCUT2D eigenvalue weighted by molar-refractivity contribution is 7.58. The van der Waals surface area contributed by atoms with Crippen molar-refractivity contribution in [1.29, 1.82) is 0 Å². The van der Waals surface area contributed by atoms with Gasteiger partial charge in [0.25, 0.3) is 0 Å². The van der Waals surface area contributed by atoms with Gasteiger partial charge in [-0.15, -0.1) is 0 Å². The summed E-state index contributed by atoms with van der Waals surface area (Å²) in [6.07, 6.45) is 2.17. The Hall–Kier alpha value is -1.21. The molecule has 116 valence electrons. The maximum absolute atomic E-state index is 6.39. The molecule has 0 N–H and O–H groups in total. The van der Waals surface area contributed by atoms with E-state index < -0.39 is 7.43 Å². The molecular weight excluding hydrogens is 279 g/mol. The smallest absolute Gasteiger partial charge is 0.229 e. The van der Waals surface area contributed by atoms with E-state index >= 15 is 0 Å². The quantitative estimate of drug-likeness (QED) is 0.595. The summed E-state index contributed by atoms with van der Waals surface area (Å²) in [7, 11) is -2.06. The van der Waals surface area contributed by atoms with Gasteiger partial charge in [-0.25, -0.2) is 4.74 Å². The Labute approximate surface area is 129 Å². The van der Waals surface area contributed by atoms with Crippen molar-refractivity contribution >= 4 is 13.1 Å². The second-order valence-electron chi connectivity index (χ2n) is 7.62. The van der Waals surface area contributed by atoms with E-state index in [4.69, 9.17) is 9.27 Å². The lowest BCUT2D eigenvalue weighted by Gasteiger charge is -2.37. The van der Waals surface area contributed by atoms with Gasteiger partial charge >= 0.3 is 0 Å². The summed E-state index contributed by atoms with van der Waals surface area (Å²) in [5.41, 5.74) is 0.951. The van der Waals surface area contributed by atoms with E-state index in [1.807, 2.05) is 30.3 Å². The lowest BCUT2D eigenvalue weighted by atomic mass is 9.94. The van der Waals surface area contributed by atoms with Gasteiger partial charge in [-0.2, -0.15) is 0 Å². The van der Waals surface area contributed by atoms with Crippen molar-refractivity contribution < 1.29 is 4.52 Å². The summed E-state index contributed by atoms with van der Waals surface area (Å²) < 4.78 is 13.7. The van der Waals surface area contributed by atoms with Crippen molar-refractivity contribution in [2.75, 3.05) is 6.66 Å². The summed E-state index contributed by atoms with van der Waals surface area (Å²) in [5.74, 6) is 1.02. The summed E-state index contributed by atoms with van der Waals surface area (Å²) in [6, 6.07) is 10.1. The molecule has 0 radical (unpaired) electrons. The van der Waals surface area contributed by atoms with Crippen molar-refractivity contribution in [1.82, 2.24) is 4.67 Å². The molecule has 3 nitrogen and oxygen atoms in total. The Kier molecular flexibility index (Phi) is 4.01. The highest BCUT2D eigenvalue weighted by Crippen LogP contribution is 2.63. The third-order valence-electron chi connectivity index (χ3n) is 3.39. The molecule has 0 aliphatic carbocycles. The number of allylic oxidation sites excluding steroid dienone is 1. The molecule has 0 spiro atoms. The van der Waals surface area contributed by atoms with E-state index in [1.54, 1.807) is 0 Å². The molecule has 1 unspecified atom stereocenters. The van der Waals surface area contributed by atoms with Crippen molar-refractivity contribution in [2.45, 2.75) is 47.1 Å². The molecule has 1 heterocycles. The van der Waals surface area contributed by atoms with Crippen LogP contribution < -0.4 is 0 Å². The molecular formula is C17H27N2OP. The summed E-state index contributed by atoms with van der Waals surface area (Å²) in [6.45, 7) is 15.3. The highest BCUT2D eigenvalue weighted by atomic mass is 31.2. The van der Waals surface area contributed by atoms with Crippen LogP contribution in [0.5, 0.6) is 0 Å². The summed E-state index contributed by atoms with van der Waals surface area (Å²) in [5, 5.41) is 0. The third-order valence-corrected chi connectivity index (χ3v) is 6.05. The van der Waals surface area contributed by atoms with Crippen molar-refractivity contribution in [2.24, 2.45) is 10.2 Å². The molecule has 0 amide bonds. The van der Waals surface area contributed by atoms with Crippen LogP contribution in [0.4, 0.5) is 5.69 Å². The Balaban J connectivity index is 2.50. The third kappa shape index (κ3) is 3.52. The highest BCUT2D eigenvalue weighted by Gasteiger charge is 2.41.